The Kier molecular flexibility index (Phi) is 2.99. The highest BCUT2D eigenvalue weighted by atomic mass is 16.3. The molecule has 0 amide bonds. The highest BCUT2D eigenvalue weighted by Crippen LogP contribution is 2.56. The summed E-state index contributed by atoms with van der Waals surface area (Å²) in [7, 11) is 0. The van der Waals surface area contributed by atoms with Crippen molar-refractivity contribution < 1.29 is 5.11 Å². The normalized spacial score (nSPS) is 44.3. The summed E-state index contributed by atoms with van der Waals surface area (Å²) in [5.74, 6) is 5.02. The van der Waals surface area contributed by atoms with E-state index in [0.29, 0.717) is 0 Å². The summed E-state index contributed by atoms with van der Waals surface area (Å²) in [6.07, 6.45) is 7.53. The average Bonchev–Trinajstić information content (AvgIpc) is 2.27. The second kappa shape index (κ2) is 4.24. The van der Waals surface area contributed by atoms with Gasteiger partial charge in [-0.3, -0.25) is 0 Å². The van der Waals surface area contributed by atoms with Gasteiger partial charge in [-0.05, 0) is 82.1 Å². The van der Waals surface area contributed by atoms with Crippen molar-refractivity contribution in [3.63, 3.8) is 0 Å². The molecule has 0 atom stereocenters. The van der Waals surface area contributed by atoms with Gasteiger partial charge in [0.25, 0.3) is 0 Å². The summed E-state index contributed by atoms with van der Waals surface area (Å²) >= 11 is 0. The summed E-state index contributed by atoms with van der Waals surface area (Å²) in [5, 5.41) is 12.9. The monoisotopic (exact) mass is 237 g/mol. The van der Waals surface area contributed by atoms with Gasteiger partial charge in [0.1, 0.15) is 0 Å². The molecule has 2 N–H and O–H groups in total. The van der Waals surface area contributed by atoms with Gasteiger partial charge in [-0.15, -0.1) is 0 Å². The molecule has 98 valence electrons. The van der Waals surface area contributed by atoms with Gasteiger partial charge >= 0.3 is 0 Å². The number of aliphatic hydroxyl groups is 1. The first-order valence-corrected chi connectivity index (χ1v) is 7.43. The van der Waals surface area contributed by atoms with Crippen molar-refractivity contribution in [2.24, 2.45) is 29.6 Å². The molecule has 2 heteroatoms. The van der Waals surface area contributed by atoms with E-state index in [9.17, 15) is 5.11 Å². The van der Waals surface area contributed by atoms with Crippen molar-refractivity contribution in [3.8, 4) is 0 Å². The SMILES string of the molecule is CC(C)(CO)NCC1C2CC3CC(C2)CC1C3. The Morgan fingerprint density at radius 2 is 1.53 bits per heavy atom. The van der Waals surface area contributed by atoms with Gasteiger partial charge in [0.15, 0.2) is 0 Å². The smallest absolute Gasteiger partial charge is 0.0607 e. The van der Waals surface area contributed by atoms with Gasteiger partial charge in [0, 0.05) is 5.54 Å². The first-order chi connectivity index (χ1) is 8.07. The summed E-state index contributed by atoms with van der Waals surface area (Å²) in [5.41, 5.74) is -0.103. The van der Waals surface area contributed by atoms with E-state index in [1.807, 2.05) is 0 Å². The topological polar surface area (TPSA) is 32.3 Å². The Bertz CT molecular complexity index is 259. The van der Waals surface area contributed by atoms with Crippen molar-refractivity contribution in [2.75, 3.05) is 13.2 Å². The van der Waals surface area contributed by atoms with Gasteiger partial charge in [0.2, 0.25) is 0 Å². The first kappa shape index (κ1) is 12.0. The van der Waals surface area contributed by atoms with Gasteiger partial charge in [0.05, 0.1) is 6.61 Å². The molecule has 4 aliphatic rings. The minimum absolute atomic E-state index is 0.103. The predicted octanol–water partition coefficient (Wildman–Crippen LogP) is 2.42. The van der Waals surface area contributed by atoms with Gasteiger partial charge in [-0.2, -0.15) is 0 Å². The fraction of sp³-hybridized carbons (Fsp3) is 1.00. The third-order valence-corrected chi connectivity index (χ3v) is 5.63. The Labute approximate surface area is 105 Å². The number of hydrogen-bond donors (Lipinski definition) is 2. The van der Waals surface area contributed by atoms with Crippen LogP contribution in [-0.2, 0) is 0 Å². The first-order valence-electron chi connectivity index (χ1n) is 7.43. The molecule has 0 aliphatic heterocycles. The lowest BCUT2D eigenvalue weighted by Gasteiger charge is -2.55. The standard InChI is InChI=1S/C15H27NO/c1-15(2,9-17)16-8-14-12-4-10-3-11(6-12)7-13(14)5-10/h10-14,16-17H,3-9H2,1-2H3. The molecule has 0 radical (unpaired) electrons. The molecule has 4 saturated carbocycles. The van der Waals surface area contributed by atoms with Crippen LogP contribution in [0.4, 0.5) is 0 Å². The molecule has 4 aliphatic carbocycles. The van der Waals surface area contributed by atoms with Crippen LogP contribution in [0, 0.1) is 29.6 Å². The third-order valence-electron chi connectivity index (χ3n) is 5.63. The number of nitrogens with one attached hydrogen (secondary N) is 1. The number of rotatable bonds is 4. The maximum absolute atomic E-state index is 9.31. The lowest BCUT2D eigenvalue weighted by atomic mass is 9.52. The fourth-order valence-electron chi connectivity index (χ4n) is 4.82. The lowest BCUT2D eigenvalue weighted by molar-refractivity contribution is -0.0385. The highest BCUT2D eigenvalue weighted by Gasteiger charge is 2.47. The van der Waals surface area contributed by atoms with E-state index in [-0.39, 0.29) is 12.1 Å². The Balaban J connectivity index is 1.61. The zero-order valence-corrected chi connectivity index (χ0v) is 11.3. The maximum atomic E-state index is 9.31. The van der Waals surface area contributed by atoms with E-state index in [1.54, 1.807) is 0 Å². The minimum Gasteiger partial charge on any atom is -0.394 e. The largest absolute Gasteiger partial charge is 0.394 e. The third kappa shape index (κ3) is 2.26. The van der Waals surface area contributed by atoms with E-state index in [2.05, 4.69) is 19.2 Å². The molecule has 0 spiro atoms. The van der Waals surface area contributed by atoms with Crippen LogP contribution in [-0.4, -0.2) is 23.8 Å². The maximum Gasteiger partial charge on any atom is 0.0607 e. The molecule has 0 heterocycles. The molecule has 0 aromatic heterocycles. The van der Waals surface area contributed by atoms with Crippen LogP contribution < -0.4 is 5.32 Å². The Hall–Kier alpha value is -0.0800. The van der Waals surface area contributed by atoms with E-state index >= 15 is 0 Å². The van der Waals surface area contributed by atoms with Crippen molar-refractivity contribution in [1.29, 1.82) is 0 Å². The molecule has 2 nitrogen and oxygen atoms in total. The van der Waals surface area contributed by atoms with Crippen molar-refractivity contribution >= 4 is 0 Å². The second-order valence-electron chi connectivity index (χ2n) is 7.52. The molecule has 17 heavy (non-hydrogen) atoms. The summed E-state index contributed by atoms with van der Waals surface area (Å²) in [6, 6.07) is 0. The fourth-order valence-corrected chi connectivity index (χ4v) is 4.82. The molecule has 0 saturated heterocycles. The van der Waals surface area contributed by atoms with E-state index < -0.39 is 0 Å². The summed E-state index contributed by atoms with van der Waals surface area (Å²) in [6.45, 7) is 5.56. The van der Waals surface area contributed by atoms with Crippen LogP contribution in [0.3, 0.4) is 0 Å². The quantitative estimate of drug-likeness (QED) is 0.787. The minimum atomic E-state index is -0.103. The summed E-state index contributed by atoms with van der Waals surface area (Å²) in [4.78, 5) is 0. The molecular weight excluding hydrogens is 210 g/mol. The van der Waals surface area contributed by atoms with Crippen LogP contribution in [0.25, 0.3) is 0 Å². The van der Waals surface area contributed by atoms with Crippen molar-refractivity contribution in [1.82, 2.24) is 5.32 Å². The molecule has 0 aromatic carbocycles. The molecule has 4 rings (SSSR count). The molecular formula is C15H27NO. The highest BCUT2D eigenvalue weighted by molar-refractivity contribution is 4.99. The van der Waals surface area contributed by atoms with E-state index in [0.717, 1.165) is 36.1 Å². The van der Waals surface area contributed by atoms with Crippen LogP contribution in [0.15, 0.2) is 0 Å². The van der Waals surface area contributed by atoms with Crippen LogP contribution in [0.5, 0.6) is 0 Å². The van der Waals surface area contributed by atoms with Crippen LogP contribution >= 0.6 is 0 Å². The Morgan fingerprint density at radius 3 is 2.00 bits per heavy atom. The van der Waals surface area contributed by atoms with Crippen LogP contribution in [0.2, 0.25) is 0 Å². The number of aliphatic hydroxyl groups excluding tert-OH is 1. The van der Waals surface area contributed by atoms with Gasteiger partial charge < -0.3 is 10.4 Å². The van der Waals surface area contributed by atoms with Crippen LogP contribution in [0.1, 0.15) is 46.0 Å². The van der Waals surface area contributed by atoms with Crippen molar-refractivity contribution in [3.05, 3.63) is 0 Å². The number of hydrogen-bond acceptors (Lipinski definition) is 2. The Morgan fingerprint density at radius 1 is 1.00 bits per heavy atom. The molecule has 0 unspecified atom stereocenters. The average molecular weight is 237 g/mol. The summed E-state index contributed by atoms with van der Waals surface area (Å²) < 4.78 is 0. The van der Waals surface area contributed by atoms with Gasteiger partial charge in [-0.25, -0.2) is 0 Å². The van der Waals surface area contributed by atoms with Crippen molar-refractivity contribution in [2.45, 2.75) is 51.5 Å². The molecule has 4 fully saturated rings. The van der Waals surface area contributed by atoms with Gasteiger partial charge in [-0.1, -0.05) is 0 Å². The van der Waals surface area contributed by atoms with E-state index in [1.165, 1.54) is 32.1 Å². The van der Waals surface area contributed by atoms with E-state index in [4.69, 9.17) is 0 Å². The lowest BCUT2D eigenvalue weighted by Crippen LogP contribution is -2.52. The predicted molar refractivity (Wildman–Crippen MR) is 69.7 cm³/mol. The molecule has 0 aromatic rings. The zero-order valence-electron chi connectivity index (χ0n) is 11.3. The molecule has 4 bridgehead atoms. The zero-order chi connectivity index (χ0) is 12.0. The second-order valence-corrected chi connectivity index (χ2v) is 7.52.